The lowest BCUT2D eigenvalue weighted by molar-refractivity contribution is -0.143. The highest BCUT2D eigenvalue weighted by Crippen LogP contribution is 2.33. The molecule has 1 saturated heterocycles. The van der Waals surface area contributed by atoms with Gasteiger partial charge in [0.2, 0.25) is 0 Å². The van der Waals surface area contributed by atoms with Crippen LogP contribution in [-0.2, 0) is 6.18 Å². The van der Waals surface area contributed by atoms with Crippen molar-refractivity contribution in [1.82, 2.24) is 15.3 Å². The summed E-state index contributed by atoms with van der Waals surface area (Å²) >= 11 is 0. The fraction of sp³-hybridized carbons (Fsp3) is 0.529. The summed E-state index contributed by atoms with van der Waals surface area (Å²) in [6.45, 7) is 4.67. The Hall–Kier alpha value is -1.90. The smallest absolute Gasteiger partial charge is 0.349 e. The molecular formula is C17H21F4N3OSi. The van der Waals surface area contributed by atoms with Gasteiger partial charge in [0.1, 0.15) is 5.69 Å². The lowest BCUT2D eigenvalue weighted by atomic mass is 10.1. The molecule has 1 fully saturated rings. The molecule has 1 amide bonds. The Morgan fingerprint density at radius 2 is 2.04 bits per heavy atom. The van der Waals surface area contributed by atoms with Gasteiger partial charge < -0.3 is 10.3 Å². The number of halogens is 4. The number of carbonyl (C=O) groups is 1. The zero-order valence-electron chi connectivity index (χ0n) is 14.6. The van der Waals surface area contributed by atoms with E-state index in [1.165, 1.54) is 6.04 Å². The van der Waals surface area contributed by atoms with Gasteiger partial charge in [0.05, 0.1) is 11.7 Å². The number of H-pyrrole nitrogens is 1. The van der Waals surface area contributed by atoms with Crippen LogP contribution in [0.4, 0.5) is 17.6 Å². The number of nitrogens with one attached hydrogen (secondary N) is 2. The number of aromatic nitrogens is 2. The van der Waals surface area contributed by atoms with Gasteiger partial charge in [-0.15, -0.1) is 0 Å². The summed E-state index contributed by atoms with van der Waals surface area (Å²) in [5, 5.41) is 2.64. The lowest BCUT2D eigenvalue weighted by Crippen LogP contribution is -2.35. The molecule has 0 saturated carbocycles. The number of hydrogen-bond donors (Lipinski definition) is 2. The first-order valence-corrected chi connectivity index (χ1v) is 12.0. The highest BCUT2D eigenvalue weighted by Gasteiger charge is 2.37. The molecule has 0 bridgehead atoms. The van der Waals surface area contributed by atoms with E-state index >= 15 is 0 Å². The summed E-state index contributed by atoms with van der Waals surface area (Å²) in [5.41, 5.74) is -1.47. The fourth-order valence-corrected chi connectivity index (χ4v) is 6.00. The Balaban J connectivity index is 1.80. The standard InChI is InChI=1S/C17H21F4N3OSi/c1-26(2)6-3-4-10(5-7-26)23-16(25)12-8-11-13(24-12)9-22-15(14(11)18)17(19,20)21/h8-10,24H,3-7H2,1-2H3,(H,23,25). The number of alkyl halides is 3. The molecule has 142 valence electrons. The second-order valence-corrected chi connectivity index (χ2v) is 13.0. The summed E-state index contributed by atoms with van der Waals surface area (Å²) in [4.78, 5) is 18.3. The second-order valence-electron chi connectivity index (χ2n) is 7.69. The highest BCUT2D eigenvalue weighted by molar-refractivity contribution is 6.77. The van der Waals surface area contributed by atoms with Crippen LogP contribution in [0.25, 0.3) is 10.9 Å². The van der Waals surface area contributed by atoms with Crippen molar-refractivity contribution >= 4 is 24.9 Å². The molecule has 1 aliphatic rings. The molecule has 3 rings (SSSR count). The average Bonchev–Trinajstić information content (AvgIpc) is 2.89. The van der Waals surface area contributed by atoms with Crippen molar-refractivity contribution in [3.63, 3.8) is 0 Å². The van der Waals surface area contributed by atoms with Crippen LogP contribution < -0.4 is 5.32 Å². The molecular weight excluding hydrogens is 366 g/mol. The third kappa shape index (κ3) is 3.92. The number of nitrogens with zero attached hydrogens (tertiary/aromatic N) is 1. The first-order chi connectivity index (χ1) is 12.1. The topological polar surface area (TPSA) is 57.8 Å². The maximum absolute atomic E-state index is 14.1. The van der Waals surface area contributed by atoms with E-state index in [0.717, 1.165) is 37.6 Å². The van der Waals surface area contributed by atoms with Crippen LogP contribution in [-0.4, -0.2) is 30.0 Å². The Labute approximate surface area is 149 Å². The minimum Gasteiger partial charge on any atom is -0.349 e. The molecule has 4 nitrogen and oxygen atoms in total. The third-order valence-corrected chi connectivity index (χ3v) is 8.39. The second kappa shape index (κ2) is 6.68. The van der Waals surface area contributed by atoms with E-state index in [-0.39, 0.29) is 22.6 Å². The summed E-state index contributed by atoms with van der Waals surface area (Å²) < 4.78 is 52.4. The zero-order chi connectivity index (χ0) is 19.1. The van der Waals surface area contributed by atoms with Crippen molar-refractivity contribution in [2.24, 2.45) is 0 Å². The van der Waals surface area contributed by atoms with E-state index in [9.17, 15) is 22.4 Å². The summed E-state index contributed by atoms with van der Waals surface area (Å²) in [6, 6.07) is 3.50. The molecule has 0 spiro atoms. The van der Waals surface area contributed by atoms with Gasteiger partial charge in [-0.05, 0) is 18.9 Å². The van der Waals surface area contributed by atoms with Gasteiger partial charge in [0.25, 0.3) is 5.91 Å². The van der Waals surface area contributed by atoms with E-state index in [0.29, 0.717) is 0 Å². The minimum atomic E-state index is -4.88. The number of rotatable bonds is 2. The predicted octanol–water partition coefficient (Wildman–Crippen LogP) is 4.71. The molecule has 3 heterocycles. The van der Waals surface area contributed by atoms with Gasteiger partial charge in [-0.2, -0.15) is 13.2 Å². The Morgan fingerprint density at radius 3 is 2.73 bits per heavy atom. The molecule has 0 aliphatic carbocycles. The largest absolute Gasteiger partial charge is 0.436 e. The number of amides is 1. The molecule has 2 aromatic rings. The monoisotopic (exact) mass is 387 g/mol. The number of fused-ring (bicyclic) bond motifs is 1. The minimum absolute atomic E-state index is 0.0388. The molecule has 1 atom stereocenters. The number of aromatic amines is 1. The van der Waals surface area contributed by atoms with Crippen LogP contribution in [0.3, 0.4) is 0 Å². The SMILES string of the molecule is C[Si]1(C)CCCC(NC(=O)c2cc3c(F)c(C(F)(F)F)ncc3[nH]2)CC1. The zero-order valence-corrected chi connectivity index (χ0v) is 15.6. The van der Waals surface area contributed by atoms with Crippen molar-refractivity contribution in [3.8, 4) is 0 Å². The van der Waals surface area contributed by atoms with Crippen LogP contribution in [0.1, 0.15) is 35.4 Å². The highest BCUT2D eigenvalue weighted by atomic mass is 28.3. The van der Waals surface area contributed by atoms with Crippen molar-refractivity contribution in [3.05, 3.63) is 29.5 Å². The number of hydrogen-bond acceptors (Lipinski definition) is 2. The van der Waals surface area contributed by atoms with E-state index in [1.807, 2.05) is 0 Å². The number of carbonyl (C=O) groups excluding carboxylic acids is 1. The average molecular weight is 387 g/mol. The van der Waals surface area contributed by atoms with Crippen molar-refractivity contribution < 1.29 is 22.4 Å². The molecule has 1 aliphatic heterocycles. The molecule has 1 unspecified atom stereocenters. The van der Waals surface area contributed by atoms with Crippen molar-refractivity contribution in [2.75, 3.05) is 0 Å². The molecule has 2 N–H and O–H groups in total. The quantitative estimate of drug-likeness (QED) is 0.579. The van der Waals surface area contributed by atoms with E-state index in [1.54, 1.807) is 0 Å². The van der Waals surface area contributed by atoms with Crippen molar-refractivity contribution in [2.45, 2.75) is 56.7 Å². The van der Waals surface area contributed by atoms with E-state index in [4.69, 9.17) is 0 Å². The first kappa shape index (κ1) is 18.9. The van der Waals surface area contributed by atoms with E-state index < -0.39 is 31.7 Å². The van der Waals surface area contributed by atoms with Gasteiger partial charge in [-0.3, -0.25) is 4.79 Å². The Bertz CT molecular complexity index is 831. The Morgan fingerprint density at radius 1 is 1.31 bits per heavy atom. The molecule has 0 radical (unpaired) electrons. The molecule has 2 aromatic heterocycles. The van der Waals surface area contributed by atoms with Crippen LogP contribution in [0, 0.1) is 5.82 Å². The normalized spacial score (nSPS) is 20.8. The first-order valence-electron chi connectivity index (χ1n) is 8.62. The van der Waals surface area contributed by atoms with Gasteiger partial charge in [-0.25, -0.2) is 9.37 Å². The van der Waals surface area contributed by atoms with Gasteiger partial charge in [-0.1, -0.05) is 31.6 Å². The Kier molecular flexibility index (Phi) is 4.85. The van der Waals surface area contributed by atoms with Gasteiger partial charge in [0.15, 0.2) is 11.5 Å². The molecule has 9 heteroatoms. The number of pyridine rings is 1. The lowest BCUT2D eigenvalue weighted by Gasteiger charge is -2.19. The van der Waals surface area contributed by atoms with Crippen LogP contribution in [0.5, 0.6) is 0 Å². The van der Waals surface area contributed by atoms with Crippen molar-refractivity contribution in [1.29, 1.82) is 0 Å². The van der Waals surface area contributed by atoms with Crippen LogP contribution >= 0.6 is 0 Å². The van der Waals surface area contributed by atoms with Gasteiger partial charge >= 0.3 is 6.18 Å². The molecule has 26 heavy (non-hydrogen) atoms. The maximum atomic E-state index is 14.1. The summed E-state index contributed by atoms with van der Waals surface area (Å²) in [5.74, 6) is -1.90. The van der Waals surface area contributed by atoms with Crippen LogP contribution in [0.15, 0.2) is 12.3 Å². The van der Waals surface area contributed by atoms with Crippen LogP contribution in [0.2, 0.25) is 25.2 Å². The summed E-state index contributed by atoms with van der Waals surface area (Å²) in [6.07, 6.45) is -1.13. The third-order valence-electron chi connectivity index (χ3n) is 5.04. The summed E-state index contributed by atoms with van der Waals surface area (Å²) in [7, 11) is -1.19. The van der Waals surface area contributed by atoms with Gasteiger partial charge in [0, 0.05) is 19.5 Å². The maximum Gasteiger partial charge on any atom is 0.436 e. The predicted molar refractivity (Wildman–Crippen MR) is 93.3 cm³/mol. The van der Waals surface area contributed by atoms with E-state index in [2.05, 4.69) is 28.4 Å². The molecule has 0 aromatic carbocycles. The fourth-order valence-electron chi connectivity index (χ4n) is 3.46.